The van der Waals surface area contributed by atoms with Crippen molar-refractivity contribution in [1.29, 1.82) is 0 Å². The van der Waals surface area contributed by atoms with Crippen LogP contribution in [0.15, 0.2) is 60.9 Å². The Morgan fingerprint density at radius 2 is 1.77 bits per heavy atom. The molecule has 3 aromatic rings. The number of fused-ring (bicyclic) bond motifs is 1. The van der Waals surface area contributed by atoms with E-state index in [-0.39, 0.29) is 12.1 Å². The summed E-state index contributed by atoms with van der Waals surface area (Å²) in [5.74, 6) is -0.364. The van der Waals surface area contributed by atoms with Crippen LogP contribution >= 0.6 is 0 Å². The first-order valence-electron chi connectivity index (χ1n) is 7.02. The van der Waals surface area contributed by atoms with Crippen molar-refractivity contribution in [3.05, 3.63) is 77.6 Å². The maximum absolute atomic E-state index is 12.2. The molecule has 0 fully saturated rings. The van der Waals surface area contributed by atoms with Crippen molar-refractivity contribution in [1.82, 2.24) is 4.40 Å². The third kappa shape index (κ3) is 2.38. The molecule has 0 aliphatic carbocycles. The summed E-state index contributed by atoms with van der Waals surface area (Å²) in [6, 6.07) is 15.7. The molecule has 112 valence electrons. The minimum Gasteiger partial charge on any atom is -0.465 e. The minimum absolute atomic E-state index is 0.331. The van der Waals surface area contributed by atoms with Gasteiger partial charge in [-0.1, -0.05) is 36.4 Å². The van der Waals surface area contributed by atoms with E-state index in [2.05, 4.69) is 0 Å². The molecule has 0 bridgehead atoms. The van der Waals surface area contributed by atoms with E-state index in [1.54, 1.807) is 13.3 Å². The van der Waals surface area contributed by atoms with Crippen molar-refractivity contribution in [2.24, 2.45) is 0 Å². The first-order chi connectivity index (χ1) is 10.8. The molecule has 0 radical (unpaired) electrons. The van der Waals surface area contributed by atoms with Gasteiger partial charge in [-0.25, -0.2) is 4.79 Å². The van der Waals surface area contributed by atoms with E-state index in [0.29, 0.717) is 5.56 Å². The van der Waals surface area contributed by atoms with Crippen molar-refractivity contribution < 1.29 is 14.3 Å². The smallest absolute Gasteiger partial charge is 0.339 e. The fraction of sp³-hybridized carbons (Fsp3) is 0.167. The molecule has 0 saturated carbocycles. The largest absolute Gasteiger partial charge is 0.465 e. The number of pyridine rings is 1. The first kappa shape index (κ1) is 14.4. The molecule has 0 amide bonds. The maximum Gasteiger partial charge on any atom is 0.339 e. The Bertz CT molecular complexity index is 792. The number of hydrogen-bond donors (Lipinski definition) is 0. The summed E-state index contributed by atoms with van der Waals surface area (Å²) < 4.78 is 12.5. The lowest BCUT2D eigenvalue weighted by atomic mass is 9.98. The molecule has 0 saturated heterocycles. The van der Waals surface area contributed by atoms with E-state index in [1.165, 1.54) is 7.11 Å². The second-order valence-corrected chi connectivity index (χ2v) is 4.97. The molecule has 2 aromatic heterocycles. The van der Waals surface area contributed by atoms with Gasteiger partial charge in [-0.2, -0.15) is 0 Å². The summed E-state index contributed by atoms with van der Waals surface area (Å²) in [5, 5.41) is 0. The number of methoxy groups -OCH3 is 2. The number of rotatable bonds is 4. The van der Waals surface area contributed by atoms with Gasteiger partial charge in [-0.05, 0) is 17.7 Å². The van der Waals surface area contributed by atoms with Crippen molar-refractivity contribution in [3.8, 4) is 0 Å². The summed E-state index contributed by atoms with van der Waals surface area (Å²) in [6.07, 6.45) is 3.36. The molecular weight excluding hydrogens is 278 g/mol. The van der Waals surface area contributed by atoms with Crippen LogP contribution < -0.4 is 0 Å². The van der Waals surface area contributed by atoms with Gasteiger partial charge in [0.15, 0.2) is 0 Å². The normalized spacial score (nSPS) is 12.3. The highest BCUT2D eigenvalue weighted by Crippen LogP contribution is 2.33. The van der Waals surface area contributed by atoms with Gasteiger partial charge in [0.1, 0.15) is 6.10 Å². The maximum atomic E-state index is 12.2. The van der Waals surface area contributed by atoms with Gasteiger partial charge in [0, 0.05) is 25.1 Å². The second-order valence-electron chi connectivity index (χ2n) is 4.97. The molecule has 4 heteroatoms. The number of hydrogen-bond acceptors (Lipinski definition) is 3. The Morgan fingerprint density at radius 3 is 2.45 bits per heavy atom. The number of aromatic nitrogens is 1. The van der Waals surface area contributed by atoms with Gasteiger partial charge in [-0.3, -0.25) is 0 Å². The predicted octanol–water partition coefficient (Wildman–Crippen LogP) is 3.46. The Morgan fingerprint density at radius 1 is 1.05 bits per heavy atom. The lowest BCUT2D eigenvalue weighted by molar-refractivity contribution is 0.0593. The van der Waals surface area contributed by atoms with Gasteiger partial charge >= 0.3 is 5.97 Å². The number of benzene rings is 1. The van der Waals surface area contributed by atoms with Crippen molar-refractivity contribution in [2.45, 2.75) is 6.10 Å². The summed E-state index contributed by atoms with van der Waals surface area (Å²) in [6.45, 7) is 0. The van der Waals surface area contributed by atoms with E-state index in [9.17, 15) is 4.79 Å². The van der Waals surface area contributed by atoms with Crippen LogP contribution in [0.3, 0.4) is 0 Å². The molecule has 0 aliphatic rings. The van der Waals surface area contributed by atoms with Crippen molar-refractivity contribution in [3.63, 3.8) is 0 Å². The van der Waals surface area contributed by atoms with E-state index in [1.807, 2.05) is 59.1 Å². The summed E-state index contributed by atoms with van der Waals surface area (Å²) in [5.41, 5.74) is 3.26. The SMILES string of the molecule is COC(=O)c1cn2ccccc2c1C(OC)c1ccccc1. The molecule has 0 spiro atoms. The predicted molar refractivity (Wildman–Crippen MR) is 84.0 cm³/mol. The fourth-order valence-electron chi connectivity index (χ4n) is 2.74. The Labute approximate surface area is 128 Å². The number of esters is 1. The molecule has 1 unspecified atom stereocenters. The minimum atomic E-state index is -0.364. The lowest BCUT2D eigenvalue weighted by Crippen LogP contribution is -2.10. The van der Waals surface area contributed by atoms with E-state index in [0.717, 1.165) is 16.6 Å². The molecule has 4 nitrogen and oxygen atoms in total. The molecule has 0 aliphatic heterocycles. The van der Waals surface area contributed by atoms with Crippen LogP contribution in [0, 0.1) is 0 Å². The van der Waals surface area contributed by atoms with Crippen LogP contribution in [0.4, 0.5) is 0 Å². The highest BCUT2D eigenvalue weighted by Gasteiger charge is 2.25. The van der Waals surface area contributed by atoms with E-state index >= 15 is 0 Å². The zero-order chi connectivity index (χ0) is 15.5. The summed E-state index contributed by atoms with van der Waals surface area (Å²) in [7, 11) is 3.03. The molecule has 1 atom stereocenters. The molecule has 2 heterocycles. The van der Waals surface area contributed by atoms with Gasteiger partial charge in [0.25, 0.3) is 0 Å². The third-order valence-corrected chi connectivity index (χ3v) is 3.73. The first-order valence-corrected chi connectivity index (χ1v) is 7.02. The Kier molecular flexibility index (Phi) is 3.94. The summed E-state index contributed by atoms with van der Waals surface area (Å²) >= 11 is 0. The molecule has 0 N–H and O–H groups in total. The van der Waals surface area contributed by atoms with Crippen molar-refractivity contribution in [2.75, 3.05) is 14.2 Å². The van der Waals surface area contributed by atoms with Crippen LogP contribution in [0.2, 0.25) is 0 Å². The quantitative estimate of drug-likeness (QED) is 0.692. The van der Waals surface area contributed by atoms with Crippen LogP contribution in [0.5, 0.6) is 0 Å². The van der Waals surface area contributed by atoms with E-state index < -0.39 is 0 Å². The fourth-order valence-corrected chi connectivity index (χ4v) is 2.74. The highest BCUT2D eigenvalue weighted by molar-refractivity contribution is 5.94. The molecule has 22 heavy (non-hydrogen) atoms. The van der Waals surface area contributed by atoms with Gasteiger partial charge in [0.05, 0.1) is 18.2 Å². The average molecular weight is 295 g/mol. The number of ether oxygens (including phenoxy) is 2. The zero-order valence-electron chi connectivity index (χ0n) is 12.5. The molecular formula is C18H17NO3. The number of carbonyl (C=O) groups is 1. The van der Waals surface area contributed by atoms with E-state index in [4.69, 9.17) is 9.47 Å². The highest BCUT2D eigenvalue weighted by atomic mass is 16.5. The van der Waals surface area contributed by atoms with Crippen LogP contribution in [-0.2, 0) is 9.47 Å². The average Bonchev–Trinajstić information content (AvgIpc) is 2.96. The molecule has 1 aromatic carbocycles. The third-order valence-electron chi connectivity index (χ3n) is 3.73. The number of carbonyl (C=O) groups excluding carboxylic acids is 1. The molecule has 3 rings (SSSR count). The van der Waals surface area contributed by atoms with Crippen LogP contribution in [0.25, 0.3) is 5.52 Å². The Balaban J connectivity index is 2.25. The van der Waals surface area contributed by atoms with Gasteiger partial charge in [-0.15, -0.1) is 0 Å². The number of nitrogens with zero attached hydrogens (tertiary/aromatic N) is 1. The zero-order valence-corrected chi connectivity index (χ0v) is 12.5. The standard InChI is InChI=1S/C18H17NO3/c1-21-17(13-8-4-3-5-9-13)16-14(18(20)22-2)12-19-11-7-6-10-15(16)19/h3-12,17H,1-2H3. The van der Waals surface area contributed by atoms with Gasteiger partial charge < -0.3 is 13.9 Å². The Hall–Kier alpha value is -2.59. The second kappa shape index (κ2) is 6.03. The van der Waals surface area contributed by atoms with Crippen LogP contribution in [0.1, 0.15) is 27.6 Å². The van der Waals surface area contributed by atoms with Crippen LogP contribution in [-0.4, -0.2) is 24.6 Å². The monoisotopic (exact) mass is 295 g/mol. The van der Waals surface area contributed by atoms with Gasteiger partial charge in [0.2, 0.25) is 0 Å². The summed E-state index contributed by atoms with van der Waals surface area (Å²) in [4.78, 5) is 12.2. The van der Waals surface area contributed by atoms with Crippen molar-refractivity contribution >= 4 is 11.5 Å². The lowest BCUT2D eigenvalue weighted by Gasteiger charge is -2.17. The topological polar surface area (TPSA) is 39.9 Å².